The van der Waals surface area contributed by atoms with E-state index < -0.39 is 0 Å². The molecule has 0 radical (unpaired) electrons. The van der Waals surface area contributed by atoms with E-state index in [9.17, 15) is 4.79 Å². The number of rotatable bonds is 7. The lowest BCUT2D eigenvalue weighted by atomic mass is 9.87. The number of aryl methyl sites for hydroxylation is 1. The van der Waals surface area contributed by atoms with Crippen LogP contribution in [0.2, 0.25) is 0 Å². The van der Waals surface area contributed by atoms with Gasteiger partial charge in [0.1, 0.15) is 11.5 Å². The number of hydrogen-bond donors (Lipinski definition) is 1. The first-order valence-corrected chi connectivity index (χ1v) is 9.41. The average molecular weight is 370 g/mol. The van der Waals surface area contributed by atoms with Crippen molar-refractivity contribution in [1.82, 2.24) is 5.32 Å². The van der Waals surface area contributed by atoms with Gasteiger partial charge in [-0.3, -0.25) is 4.79 Å². The molecule has 0 aliphatic carbocycles. The maximum absolute atomic E-state index is 12.3. The minimum atomic E-state index is -0.129. The summed E-state index contributed by atoms with van der Waals surface area (Å²) < 4.78 is 10.9. The molecule has 27 heavy (non-hydrogen) atoms. The Hall–Kier alpha value is -2.49. The van der Waals surface area contributed by atoms with Crippen LogP contribution in [0.15, 0.2) is 42.5 Å². The van der Waals surface area contributed by atoms with Crippen molar-refractivity contribution >= 4 is 5.91 Å². The molecule has 0 heterocycles. The first-order chi connectivity index (χ1) is 12.7. The Kier molecular flexibility index (Phi) is 6.89. The fourth-order valence-corrected chi connectivity index (χ4v) is 2.98. The van der Waals surface area contributed by atoms with E-state index in [1.54, 1.807) is 7.11 Å². The monoisotopic (exact) mass is 369 g/mol. The molecule has 0 spiro atoms. The standard InChI is InChI=1S/C23H31NO3/c1-7-20(17-8-13-21(26-6)16(2)14-17)24-22(25)15-27-19-11-9-18(10-12-19)23(3,4)5/h8-14,20H,7,15H2,1-6H3,(H,24,25)/t20-/m1/s1. The molecule has 1 N–H and O–H groups in total. The highest BCUT2D eigenvalue weighted by atomic mass is 16.5. The summed E-state index contributed by atoms with van der Waals surface area (Å²) in [4.78, 5) is 12.3. The van der Waals surface area contributed by atoms with Crippen LogP contribution >= 0.6 is 0 Å². The third-order valence-electron chi connectivity index (χ3n) is 4.66. The first kappa shape index (κ1) is 20.8. The van der Waals surface area contributed by atoms with Crippen molar-refractivity contribution in [1.29, 1.82) is 0 Å². The van der Waals surface area contributed by atoms with Gasteiger partial charge in [-0.05, 0) is 53.6 Å². The highest BCUT2D eigenvalue weighted by molar-refractivity contribution is 5.78. The molecule has 2 rings (SSSR count). The zero-order chi connectivity index (χ0) is 20.0. The van der Waals surface area contributed by atoms with Crippen molar-refractivity contribution in [2.75, 3.05) is 13.7 Å². The maximum atomic E-state index is 12.3. The van der Waals surface area contributed by atoms with E-state index in [0.29, 0.717) is 5.75 Å². The molecule has 0 aliphatic heterocycles. The molecule has 0 aliphatic rings. The quantitative estimate of drug-likeness (QED) is 0.751. The van der Waals surface area contributed by atoms with Gasteiger partial charge in [0, 0.05) is 0 Å². The van der Waals surface area contributed by atoms with Gasteiger partial charge in [0.2, 0.25) is 0 Å². The van der Waals surface area contributed by atoms with E-state index in [1.165, 1.54) is 5.56 Å². The average Bonchev–Trinajstić information content (AvgIpc) is 2.64. The Morgan fingerprint density at radius 3 is 2.30 bits per heavy atom. The summed E-state index contributed by atoms with van der Waals surface area (Å²) in [6.07, 6.45) is 0.803. The van der Waals surface area contributed by atoms with Crippen LogP contribution in [0.25, 0.3) is 0 Å². The zero-order valence-electron chi connectivity index (χ0n) is 17.3. The predicted molar refractivity (Wildman–Crippen MR) is 110 cm³/mol. The number of amides is 1. The van der Waals surface area contributed by atoms with Gasteiger partial charge in [0.15, 0.2) is 6.61 Å². The van der Waals surface area contributed by atoms with Crippen molar-refractivity contribution < 1.29 is 14.3 Å². The van der Waals surface area contributed by atoms with Gasteiger partial charge in [-0.25, -0.2) is 0 Å². The molecule has 4 heteroatoms. The van der Waals surface area contributed by atoms with E-state index in [0.717, 1.165) is 23.3 Å². The van der Waals surface area contributed by atoms with Crippen molar-refractivity contribution in [3.05, 3.63) is 59.2 Å². The fraction of sp³-hybridized carbons (Fsp3) is 0.435. The van der Waals surface area contributed by atoms with Crippen molar-refractivity contribution in [2.24, 2.45) is 0 Å². The van der Waals surface area contributed by atoms with Gasteiger partial charge < -0.3 is 14.8 Å². The van der Waals surface area contributed by atoms with Crippen LogP contribution in [0.1, 0.15) is 56.8 Å². The Bertz CT molecular complexity index is 760. The largest absolute Gasteiger partial charge is 0.496 e. The molecule has 1 atom stereocenters. The maximum Gasteiger partial charge on any atom is 0.258 e. The van der Waals surface area contributed by atoms with E-state index in [4.69, 9.17) is 9.47 Å². The lowest BCUT2D eigenvalue weighted by molar-refractivity contribution is -0.123. The topological polar surface area (TPSA) is 47.6 Å². The second kappa shape index (κ2) is 8.94. The van der Waals surface area contributed by atoms with Crippen molar-refractivity contribution in [3.8, 4) is 11.5 Å². The van der Waals surface area contributed by atoms with Gasteiger partial charge in [-0.2, -0.15) is 0 Å². The van der Waals surface area contributed by atoms with Crippen LogP contribution in [-0.2, 0) is 10.2 Å². The van der Waals surface area contributed by atoms with Crippen LogP contribution in [0.5, 0.6) is 11.5 Å². The second-order valence-electron chi connectivity index (χ2n) is 7.82. The second-order valence-corrected chi connectivity index (χ2v) is 7.82. The highest BCUT2D eigenvalue weighted by Crippen LogP contribution is 2.25. The molecule has 146 valence electrons. The zero-order valence-corrected chi connectivity index (χ0v) is 17.3. The van der Waals surface area contributed by atoms with E-state index in [2.05, 4.69) is 39.1 Å². The van der Waals surface area contributed by atoms with E-state index in [-0.39, 0.29) is 24.0 Å². The molecular weight excluding hydrogens is 338 g/mol. The lowest BCUT2D eigenvalue weighted by Gasteiger charge is -2.20. The first-order valence-electron chi connectivity index (χ1n) is 9.41. The lowest BCUT2D eigenvalue weighted by Crippen LogP contribution is -2.32. The van der Waals surface area contributed by atoms with E-state index in [1.807, 2.05) is 43.3 Å². The van der Waals surface area contributed by atoms with Crippen LogP contribution < -0.4 is 14.8 Å². The number of ether oxygens (including phenoxy) is 2. The molecule has 0 saturated carbocycles. The summed E-state index contributed by atoms with van der Waals surface area (Å²) in [5, 5.41) is 3.05. The van der Waals surface area contributed by atoms with Crippen LogP contribution in [0.3, 0.4) is 0 Å². The summed E-state index contributed by atoms with van der Waals surface area (Å²) in [5.74, 6) is 1.42. The predicted octanol–water partition coefficient (Wildman–Crippen LogP) is 4.95. The number of carbonyl (C=O) groups excluding carboxylic acids is 1. The molecule has 0 aromatic heterocycles. The minimum Gasteiger partial charge on any atom is -0.496 e. The van der Waals surface area contributed by atoms with Gasteiger partial charge in [-0.15, -0.1) is 0 Å². The fourth-order valence-electron chi connectivity index (χ4n) is 2.98. The molecule has 1 amide bonds. The van der Waals surface area contributed by atoms with Crippen LogP contribution in [0.4, 0.5) is 0 Å². The minimum absolute atomic E-state index is 0.000497. The van der Waals surface area contributed by atoms with Gasteiger partial charge in [0.05, 0.1) is 13.2 Å². The molecule has 0 fully saturated rings. The Morgan fingerprint density at radius 1 is 1.11 bits per heavy atom. The van der Waals surface area contributed by atoms with Crippen LogP contribution in [-0.4, -0.2) is 19.6 Å². The normalized spacial score (nSPS) is 12.4. The number of carbonyl (C=O) groups is 1. The molecule has 0 saturated heterocycles. The number of nitrogens with one attached hydrogen (secondary N) is 1. The SMILES string of the molecule is CC[C@@H](NC(=O)COc1ccc(C(C)(C)C)cc1)c1ccc(OC)c(C)c1. The van der Waals surface area contributed by atoms with Crippen molar-refractivity contribution in [2.45, 2.75) is 52.5 Å². The Balaban J connectivity index is 1.94. The smallest absolute Gasteiger partial charge is 0.258 e. The molecule has 4 nitrogen and oxygen atoms in total. The summed E-state index contributed by atoms with van der Waals surface area (Å²) in [6, 6.07) is 13.9. The highest BCUT2D eigenvalue weighted by Gasteiger charge is 2.15. The Labute approximate surface area is 162 Å². The molecule has 2 aromatic carbocycles. The van der Waals surface area contributed by atoms with Crippen molar-refractivity contribution in [3.63, 3.8) is 0 Å². The molecular formula is C23H31NO3. The molecule has 2 aromatic rings. The summed E-state index contributed by atoms with van der Waals surface area (Å²) in [7, 11) is 1.66. The summed E-state index contributed by atoms with van der Waals surface area (Å²) >= 11 is 0. The number of benzene rings is 2. The Morgan fingerprint density at radius 2 is 1.78 bits per heavy atom. The third kappa shape index (κ3) is 5.75. The van der Waals surface area contributed by atoms with Gasteiger partial charge >= 0.3 is 0 Å². The summed E-state index contributed by atoms with van der Waals surface area (Å²) in [6.45, 7) is 10.6. The third-order valence-corrected chi connectivity index (χ3v) is 4.66. The number of hydrogen-bond acceptors (Lipinski definition) is 3. The van der Waals surface area contributed by atoms with Gasteiger partial charge in [0.25, 0.3) is 5.91 Å². The summed E-state index contributed by atoms with van der Waals surface area (Å²) in [5.41, 5.74) is 3.46. The van der Waals surface area contributed by atoms with Crippen LogP contribution in [0, 0.1) is 6.92 Å². The molecule has 0 unspecified atom stereocenters. The molecule has 0 bridgehead atoms. The number of methoxy groups -OCH3 is 1. The van der Waals surface area contributed by atoms with Gasteiger partial charge in [-0.1, -0.05) is 52.0 Å². The van der Waals surface area contributed by atoms with E-state index >= 15 is 0 Å².